The number of aliphatic imine (C=N–C) groups is 1. The fraction of sp³-hybridized carbons (Fsp3) is 0.500. The first kappa shape index (κ1) is 26.7. The summed E-state index contributed by atoms with van der Waals surface area (Å²) in [6.07, 6.45) is 6.35. The molecule has 1 aromatic heterocycles. The van der Waals surface area contributed by atoms with Gasteiger partial charge in [0.05, 0.1) is 6.20 Å². The van der Waals surface area contributed by atoms with E-state index in [1.807, 2.05) is 69.2 Å². The third-order valence-electron chi connectivity index (χ3n) is 4.22. The minimum absolute atomic E-state index is 0. The molecule has 0 bridgehead atoms. The van der Waals surface area contributed by atoms with Gasteiger partial charge in [-0.3, -0.25) is 15.0 Å². The lowest BCUT2D eigenvalue weighted by Crippen LogP contribution is -2.38. The highest BCUT2D eigenvalue weighted by molar-refractivity contribution is 14.0. The van der Waals surface area contributed by atoms with E-state index in [1.54, 1.807) is 7.05 Å². The Kier molecular flexibility index (Phi) is 11.4. The van der Waals surface area contributed by atoms with Gasteiger partial charge in [0.15, 0.2) is 5.96 Å². The van der Waals surface area contributed by atoms with Gasteiger partial charge in [-0.2, -0.15) is 5.10 Å². The second-order valence-corrected chi connectivity index (χ2v) is 8.13. The highest BCUT2D eigenvalue weighted by Gasteiger charge is 2.16. The third-order valence-corrected chi connectivity index (χ3v) is 4.22. The number of hydrogen-bond acceptors (Lipinski definition) is 4. The van der Waals surface area contributed by atoms with E-state index in [0.29, 0.717) is 5.69 Å². The molecule has 0 aliphatic rings. The molecule has 0 radical (unpaired) electrons. The summed E-state index contributed by atoms with van der Waals surface area (Å²) in [6.45, 7) is 7.13. The van der Waals surface area contributed by atoms with Crippen molar-refractivity contribution in [3.05, 3.63) is 47.8 Å². The van der Waals surface area contributed by atoms with Crippen molar-refractivity contribution in [2.45, 2.75) is 45.6 Å². The molecule has 2 rings (SSSR count). The van der Waals surface area contributed by atoms with Crippen molar-refractivity contribution in [2.75, 3.05) is 25.5 Å². The van der Waals surface area contributed by atoms with Crippen molar-refractivity contribution >= 4 is 41.7 Å². The molecule has 1 aromatic carbocycles. The Hall–Kier alpha value is -2.30. The first-order chi connectivity index (χ1) is 14.2. The van der Waals surface area contributed by atoms with E-state index in [0.717, 1.165) is 38.3 Å². The summed E-state index contributed by atoms with van der Waals surface area (Å²) in [6, 6.07) is 7.76. The monoisotopic (exact) mass is 542 g/mol. The molecule has 0 spiro atoms. The van der Waals surface area contributed by atoms with Gasteiger partial charge < -0.3 is 15.4 Å². The van der Waals surface area contributed by atoms with E-state index in [1.165, 1.54) is 11.1 Å². The minimum Gasteiger partial charge on any atom is -0.444 e. The van der Waals surface area contributed by atoms with Gasteiger partial charge in [-0.15, -0.1) is 24.0 Å². The number of halogens is 1. The Labute approximate surface area is 202 Å². The van der Waals surface area contributed by atoms with Crippen LogP contribution in [-0.4, -0.2) is 47.6 Å². The van der Waals surface area contributed by atoms with E-state index in [-0.39, 0.29) is 24.0 Å². The van der Waals surface area contributed by atoms with Crippen LogP contribution in [0.1, 0.15) is 38.3 Å². The Balaban J connectivity index is 0.00000480. The van der Waals surface area contributed by atoms with Crippen LogP contribution in [0.15, 0.2) is 41.7 Å². The number of amides is 1. The van der Waals surface area contributed by atoms with Gasteiger partial charge in [0.2, 0.25) is 0 Å². The van der Waals surface area contributed by atoms with Crippen molar-refractivity contribution in [1.82, 2.24) is 20.4 Å². The maximum absolute atomic E-state index is 11.8. The molecule has 0 fully saturated rings. The molecule has 0 saturated carbocycles. The molecular weight excluding hydrogens is 507 g/mol. The molecule has 2 aromatic rings. The van der Waals surface area contributed by atoms with Crippen LogP contribution in [0.5, 0.6) is 0 Å². The van der Waals surface area contributed by atoms with Crippen LogP contribution in [0.2, 0.25) is 0 Å². The first-order valence-electron chi connectivity index (χ1n) is 10.3. The maximum atomic E-state index is 11.8. The zero-order chi connectivity index (χ0) is 22.0. The molecule has 8 nitrogen and oxygen atoms in total. The molecular formula is C22H35IN6O2. The number of benzene rings is 1. The summed E-state index contributed by atoms with van der Waals surface area (Å²) in [4.78, 5) is 16.1. The van der Waals surface area contributed by atoms with E-state index >= 15 is 0 Å². The number of nitrogens with zero attached hydrogens (tertiary/aromatic N) is 3. The third kappa shape index (κ3) is 11.0. The van der Waals surface area contributed by atoms with E-state index < -0.39 is 11.7 Å². The number of aryl methyl sites for hydroxylation is 2. The van der Waals surface area contributed by atoms with Crippen LogP contribution in [-0.2, 0) is 24.6 Å². The zero-order valence-electron chi connectivity index (χ0n) is 19.1. The summed E-state index contributed by atoms with van der Waals surface area (Å²) in [7, 11) is 3.70. The number of rotatable bonds is 8. The fourth-order valence-corrected chi connectivity index (χ4v) is 2.82. The standard InChI is InChI=1S/C22H34N6O2.HI/c1-22(2,3)30-21(29)27-19-10-8-17(9-11-19)12-14-25-20(23-4)24-13-6-7-18-15-26-28(5)16-18;/h8-11,15-16H,6-7,12-14H2,1-5H3,(H,27,29)(H2,23,24,25);1H. The van der Waals surface area contributed by atoms with Crippen LogP contribution >= 0.6 is 24.0 Å². The number of carbonyl (C=O) groups excluding carboxylic acids is 1. The van der Waals surface area contributed by atoms with Crippen molar-refractivity contribution in [3.63, 3.8) is 0 Å². The molecule has 0 aliphatic heterocycles. The maximum Gasteiger partial charge on any atom is 0.412 e. The number of guanidine groups is 1. The van der Waals surface area contributed by atoms with Gasteiger partial charge in [0.1, 0.15) is 5.60 Å². The second-order valence-electron chi connectivity index (χ2n) is 8.13. The molecule has 1 amide bonds. The Bertz CT molecular complexity index is 827. The molecule has 0 saturated heterocycles. The molecule has 1 heterocycles. The summed E-state index contributed by atoms with van der Waals surface area (Å²) < 4.78 is 7.08. The molecule has 3 N–H and O–H groups in total. The van der Waals surface area contributed by atoms with Crippen molar-refractivity contribution < 1.29 is 9.53 Å². The number of hydrogen-bond donors (Lipinski definition) is 3. The summed E-state index contributed by atoms with van der Waals surface area (Å²) in [5.74, 6) is 0.796. The summed E-state index contributed by atoms with van der Waals surface area (Å²) in [5, 5.41) is 13.6. The van der Waals surface area contributed by atoms with Gasteiger partial charge in [0, 0.05) is 39.1 Å². The summed E-state index contributed by atoms with van der Waals surface area (Å²) in [5.41, 5.74) is 2.62. The number of anilines is 1. The summed E-state index contributed by atoms with van der Waals surface area (Å²) >= 11 is 0. The lowest BCUT2D eigenvalue weighted by molar-refractivity contribution is 0.0636. The fourth-order valence-electron chi connectivity index (χ4n) is 2.82. The highest BCUT2D eigenvalue weighted by atomic mass is 127. The average molecular weight is 542 g/mol. The smallest absolute Gasteiger partial charge is 0.412 e. The van der Waals surface area contributed by atoms with Gasteiger partial charge >= 0.3 is 6.09 Å². The van der Waals surface area contributed by atoms with Gasteiger partial charge in [-0.1, -0.05) is 12.1 Å². The molecule has 9 heteroatoms. The first-order valence-corrected chi connectivity index (χ1v) is 10.3. The van der Waals surface area contributed by atoms with Gasteiger partial charge in [0.25, 0.3) is 0 Å². The van der Waals surface area contributed by atoms with Crippen molar-refractivity contribution in [2.24, 2.45) is 12.0 Å². The van der Waals surface area contributed by atoms with Gasteiger partial charge in [-0.25, -0.2) is 4.79 Å². The second kappa shape index (κ2) is 13.2. The lowest BCUT2D eigenvalue weighted by atomic mass is 10.1. The molecule has 0 atom stereocenters. The Morgan fingerprint density at radius 1 is 1.10 bits per heavy atom. The largest absolute Gasteiger partial charge is 0.444 e. The SMILES string of the molecule is CN=C(NCCCc1cnn(C)c1)NCCc1ccc(NC(=O)OC(C)(C)C)cc1.I. The predicted octanol–water partition coefficient (Wildman–Crippen LogP) is 3.73. The van der Waals surface area contributed by atoms with Crippen molar-refractivity contribution in [1.29, 1.82) is 0 Å². The normalized spacial score (nSPS) is 11.5. The molecule has 0 aliphatic carbocycles. The topological polar surface area (TPSA) is 92.6 Å². The number of carbonyl (C=O) groups is 1. The van der Waals surface area contributed by atoms with Crippen LogP contribution in [0, 0.1) is 0 Å². The van der Waals surface area contributed by atoms with E-state index in [9.17, 15) is 4.79 Å². The van der Waals surface area contributed by atoms with Crippen molar-refractivity contribution in [3.8, 4) is 0 Å². The predicted molar refractivity (Wildman–Crippen MR) is 136 cm³/mol. The Morgan fingerprint density at radius 3 is 2.35 bits per heavy atom. The highest BCUT2D eigenvalue weighted by Crippen LogP contribution is 2.13. The quantitative estimate of drug-likeness (QED) is 0.205. The minimum atomic E-state index is -0.513. The van der Waals surface area contributed by atoms with Crippen LogP contribution in [0.4, 0.5) is 10.5 Å². The van der Waals surface area contributed by atoms with Crippen LogP contribution in [0.25, 0.3) is 0 Å². The Morgan fingerprint density at radius 2 is 1.77 bits per heavy atom. The zero-order valence-corrected chi connectivity index (χ0v) is 21.4. The van der Waals surface area contributed by atoms with Crippen LogP contribution in [0.3, 0.4) is 0 Å². The lowest BCUT2D eigenvalue weighted by Gasteiger charge is -2.19. The van der Waals surface area contributed by atoms with Crippen LogP contribution < -0.4 is 16.0 Å². The number of nitrogens with one attached hydrogen (secondary N) is 3. The van der Waals surface area contributed by atoms with E-state index in [2.05, 4.69) is 26.0 Å². The molecule has 0 unspecified atom stereocenters. The number of ether oxygens (including phenoxy) is 1. The number of aromatic nitrogens is 2. The molecule has 31 heavy (non-hydrogen) atoms. The van der Waals surface area contributed by atoms with E-state index in [4.69, 9.17) is 4.74 Å². The molecule has 172 valence electrons. The average Bonchev–Trinajstić information content (AvgIpc) is 3.08. The van der Waals surface area contributed by atoms with Gasteiger partial charge in [-0.05, 0) is 63.3 Å².